The van der Waals surface area contributed by atoms with E-state index in [1.165, 1.54) is 37.2 Å². The van der Waals surface area contributed by atoms with Crippen LogP contribution in [0.3, 0.4) is 0 Å². The van der Waals surface area contributed by atoms with Gasteiger partial charge >= 0.3 is 0 Å². The summed E-state index contributed by atoms with van der Waals surface area (Å²) in [5.74, 6) is 0. The Kier molecular flexibility index (Phi) is 5.23. The molecule has 1 saturated heterocycles. The molecule has 3 nitrogen and oxygen atoms in total. The fraction of sp³-hybridized carbons (Fsp3) is 0.625. The Morgan fingerprint density at radius 3 is 2.74 bits per heavy atom. The van der Waals surface area contributed by atoms with Gasteiger partial charge in [0, 0.05) is 31.4 Å². The molecule has 2 N–H and O–H groups in total. The average Bonchev–Trinajstić information content (AvgIpc) is 2.98. The van der Waals surface area contributed by atoms with Crippen LogP contribution in [-0.2, 0) is 0 Å². The molecule has 0 aromatic heterocycles. The second kappa shape index (κ2) is 6.92. The number of nitrogens with zero attached hydrogens (tertiary/aromatic N) is 1. The molecule has 2 rings (SSSR count). The summed E-state index contributed by atoms with van der Waals surface area (Å²) in [4.78, 5) is 2.46. The first-order valence-electron chi connectivity index (χ1n) is 7.47. The van der Waals surface area contributed by atoms with Gasteiger partial charge < -0.3 is 15.3 Å². The average molecular weight is 262 g/mol. The first-order valence-corrected chi connectivity index (χ1v) is 7.47. The van der Waals surface area contributed by atoms with Crippen molar-refractivity contribution in [2.75, 3.05) is 24.5 Å². The van der Waals surface area contributed by atoms with Crippen molar-refractivity contribution in [2.24, 2.45) is 0 Å². The van der Waals surface area contributed by atoms with Gasteiger partial charge in [-0.05, 0) is 43.9 Å². The number of aliphatic hydroxyl groups is 1. The Morgan fingerprint density at radius 2 is 2.05 bits per heavy atom. The van der Waals surface area contributed by atoms with Gasteiger partial charge in [0.25, 0.3) is 0 Å². The van der Waals surface area contributed by atoms with Gasteiger partial charge in [0.2, 0.25) is 0 Å². The summed E-state index contributed by atoms with van der Waals surface area (Å²) in [6.07, 6.45) is 3.17. The van der Waals surface area contributed by atoms with E-state index in [1.807, 2.05) is 6.92 Å². The van der Waals surface area contributed by atoms with Crippen molar-refractivity contribution in [1.29, 1.82) is 0 Å². The molecule has 3 heteroatoms. The molecule has 0 aliphatic carbocycles. The van der Waals surface area contributed by atoms with Gasteiger partial charge in [-0.2, -0.15) is 0 Å². The highest BCUT2D eigenvalue weighted by Gasteiger charge is 2.14. The maximum atomic E-state index is 9.61. The first kappa shape index (κ1) is 14.4. The van der Waals surface area contributed by atoms with E-state index in [9.17, 15) is 5.11 Å². The Labute approximate surface area is 116 Å². The molecule has 2 atom stereocenters. The second-order valence-electron chi connectivity index (χ2n) is 5.48. The molecule has 0 bridgehead atoms. The van der Waals surface area contributed by atoms with Crippen LogP contribution in [0.1, 0.15) is 44.7 Å². The normalized spacial score (nSPS) is 18.6. The molecule has 1 aromatic rings. The number of nitrogens with one attached hydrogen (secondary N) is 1. The molecule has 1 fully saturated rings. The largest absolute Gasteiger partial charge is 0.392 e. The van der Waals surface area contributed by atoms with Gasteiger partial charge in [-0.1, -0.05) is 19.1 Å². The Bertz CT molecular complexity index is 388. The van der Waals surface area contributed by atoms with E-state index in [0.717, 1.165) is 6.42 Å². The lowest BCUT2D eigenvalue weighted by atomic mass is 10.1. The maximum absolute atomic E-state index is 9.61. The third kappa shape index (κ3) is 3.95. The van der Waals surface area contributed by atoms with Crippen LogP contribution < -0.4 is 10.2 Å². The van der Waals surface area contributed by atoms with Crippen molar-refractivity contribution >= 4 is 5.69 Å². The van der Waals surface area contributed by atoms with Crippen LogP contribution in [0.5, 0.6) is 0 Å². The highest BCUT2D eigenvalue weighted by atomic mass is 16.3. The summed E-state index contributed by atoms with van der Waals surface area (Å²) in [5, 5.41) is 13.0. The molecule has 1 aromatic carbocycles. The van der Waals surface area contributed by atoms with Gasteiger partial charge in [-0.15, -0.1) is 0 Å². The van der Waals surface area contributed by atoms with Crippen LogP contribution in [0.2, 0.25) is 0 Å². The lowest BCUT2D eigenvalue weighted by Crippen LogP contribution is -2.28. The van der Waals surface area contributed by atoms with Crippen LogP contribution in [0, 0.1) is 0 Å². The lowest BCUT2D eigenvalue weighted by Gasteiger charge is -2.21. The minimum absolute atomic E-state index is 0.246. The quantitative estimate of drug-likeness (QED) is 0.827. The number of aliphatic hydroxyl groups excluding tert-OH is 1. The topological polar surface area (TPSA) is 35.5 Å². The summed E-state index contributed by atoms with van der Waals surface area (Å²) in [6, 6.07) is 9.06. The molecular formula is C16H26N2O. The SMILES string of the molecule is CC[C@@H](O)CN[C@H](C)c1cccc(N2CCCC2)c1. The van der Waals surface area contributed by atoms with E-state index in [0.29, 0.717) is 6.54 Å². The third-order valence-electron chi connectivity index (χ3n) is 3.97. The summed E-state index contributed by atoms with van der Waals surface area (Å²) in [5.41, 5.74) is 2.63. The number of benzene rings is 1. The van der Waals surface area contributed by atoms with Crippen molar-refractivity contribution < 1.29 is 5.11 Å². The Balaban J connectivity index is 1.97. The second-order valence-corrected chi connectivity index (χ2v) is 5.48. The van der Waals surface area contributed by atoms with Crippen LogP contribution in [0.15, 0.2) is 24.3 Å². The molecule has 0 amide bonds. The molecule has 0 spiro atoms. The zero-order chi connectivity index (χ0) is 13.7. The summed E-state index contributed by atoms with van der Waals surface area (Å²) >= 11 is 0. The van der Waals surface area contributed by atoms with E-state index in [2.05, 4.69) is 41.4 Å². The lowest BCUT2D eigenvalue weighted by molar-refractivity contribution is 0.164. The van der Waals surface area contributed by atoms with Gasteiger partial charge in [0.15, 0.2) is 0 Å². The molecule has 1 aliphatic heterocycles. The van der Waals surface area contributed by atoms with Gasteiger partial charge in [0.05, 0.1) is 6.10 Å². The number of rotatable bonds is 6. The van der Waals surface area contributed by atoms with Crippen LogP contribution in [0.25, 0.3) is 0 Å². The minimum atomic E-state index is -0.246. The van der Waals surface area contributed by atoms with Crippen molar-refractivity contribution in [3.05, 3.63) is 29.8 Å². The first-order chi connectivity index (χ1) is 9.20. The van der Waals surface area contributed by atoms with Gasteiger partial charge in [0.1, 0.15) is 0 Å². The predicted molar refractivity (Wildman–Crippen MR) is 80.6 cm³/mol. The Morgan fingerprint density at radius 1 is 1.32 bits per heavy atom. The molecule has 0 radical (unpaired) electrons. The zero-order valence-electron chi connectivity index (χ0n) is 12.1. The molecule has 1 heterocycles. The van der Waals surface area contributed by atoms with Crippen LogP contribution >= 0.6 is 0 Å². The van der Waals surface area contributed by atoms with E-state index in [4.69, 9.17) is 0 Å². The summed E-state index contributed by atoms with van der Waals surface area (Å²) < 4.78 is 0. The van der Waals surface area contributed by atoms with E-state index in [-0.39, 0.29) is 12.1 Å². The van der Waals surface area contributed by atoms with E-state index >= 15 is 0 Å². The standard InChI is InChI=1S/C16H26N2O/c1-3-16(19)12-17-13(2)14-7-6-8-15(11-14)18-9-4-5-10-18/h6-8,11,13,16-17,19H,3-5,9-10,12H2,1-2H3/t13-,16-/m1/s1. The van der Waals surface area contributed by atoms with Gasteiger partial charge in [-0.25, -0.2) is 0 Å². The maximum Gasteiger partial charge on any atom is 0.0662 e. The molecule has 106 valence electrons. The van der Waals surface area contributed by atoms with E-state index < -0.39 is 0 Å². The van der Waals surface area contributed by atoms with Crippen molar-refractivity contribution in [1.82, 2.24) is 5.32 Å². The fourth-order valence-corrected chi connectivity index (χ4v) is 2.54. The smallest absolute Gasteiger partial charge is 0.0662 e. The minimum Gasteiger partial charge on any atom is -0.392 e. The van der Waals surface area contributed by atoms with Gasteiger partial charge in [-0.3, -0.25) is 0 Å². The van der Waals surface area contributed by atoms with E-state index in [1.54, 1.807) is 0 Å². The highest BCUT2D eigenvalue weighted by molar-refractivity contribution is 5.49. The van der Waals surface area contributed by atoms with Crippen LogP contribution in [-0.4, -0.2) is 30.8 Å². The number of anilines is 1. The van der Waals surface area contributed by atoms with Crippen molar-refractivity contribution in [3.63, 3.8) is 0 Å². The highest BCUT2D eigenvalue weighted by Crippen LogP contribution is 2.23. The summed E-state index contributed by atoms with van der Waals surface area (Å²) in [7, 11) is 0. The van der Waals surface area contributed by atoms with Crippen molar-refractivity contribution in [2.45, 2.75) is 45.3 Å². The molecule has 0 unspecified atom stereocenters. The molecule has 0 saturated carbocycles. The number of hydrogen-bond acceptors (Lipinski definition) is 3. The van der Waals surface area contributed by atoms with Crippen LogP contribution in [0.4, 0.5) is 5.69 Å². The fourth-order valence-electron chi connectivity index (χ4n) is 2.54. The monoisotopic (exact) mass is 262 g/mol. The zero-order valence-corrected chi connectivity index (χ0v) is 12.1. The molecule has 19 heavy (non-hydrogen) atoms. The summed E-state index contributed by atoms with van der Waals surface area (Å²) in [6.45, 7) is 7.18. The predicted octanol–water partition coefficient (Wildman–Crippen LogP) is 2.71. The Hall–Kier alpha value is -1.06. The molecule has 1 aliphatic rings. The number of hydrogen-bond donors (Lipinski definition) is 2. The molecular weight excluding hydrogens is 236 g/mol. The third-order valence-corrected chi connectivity index (χ3v) is 3.97. The van der Waals surface area contributed by atoms with Crippen molar-refractivity contribution in [3.8, 4) is 0 Å².